The molecule has 0 aliphatic carbocycles. The lowest BCUT2D eigenvalue weighted by molar-refractivity contribution is -0.149. The topological polar surface area (TPSA) is 48.1 Å². The predicted octanol–water partition coefficient (Wildman–Crippen LogP) is 1.28. The highest BCUT2D eigenvalue weighted by Crippen LogP contribution is 2.55. The molecule has 2 saturated heterocycles. The van der Waals surface area contributed by atoms with Crippen molar-refractivity contribution >= 4 is 5.97 Å². The van der Waals surface area contributed by atoms with Crippen molar-refractivity contribution in [3.05, 3.63) is 0 Å². The van der Waals surface area contributed by atoms with Crippen LogP contribution in [0.25, 0.3) is 0 Å². The molecule has 0 aromatic rings. The first-order valence-electron chi connectivity index (χ1n) is 5.53. The molecular weight excluding hydrogens is 196 g/mol. The zero-order chi connectivity index (χ0) is 11.1. The predicted molar refractivity (Wildman–Crippen MR) is 53.5 cm³/mol. The van der Waals surface area contributed by atoms with E-state index in [1.54, 1.807) is 0 Å². The van der Waals surface area contributed by atoms with Gasteiger partial charge >= 0.3 is 5.97 Å². The minimum absolute atomic E-state index is 0.162. The zero-order valence-electron chi connectivity index (χ0n) is 9.54. The molecule has 2 rings (SSSR count). The van der Waals surface area contributed by atoms with Gasteiger partial charge in [-0.1, -0.05) is 0 Å². The van der Waals surface area contributed by atoms with Crippen LogP contribution in [0.15, 0.2) is 0 Å². The largest absolute Gasteiger partial charge is 0.464 e. The lowest BCUT2D eigenvalue weighted by Gasteiger charge is -2.26. The van der Waals surface area contributed by atoms with Crippen LogP contribution in [0.5, 0.6) is 0 Å². The van der Waals surface area contributed by atoms with Crippen LogP contribution in [-0.4, -0.2) is 36.5 Å². The molecule has 2 fully saturated rings. The van der Waals surface area contributed by atoms with E-state index in [1.807, 2.05) is 20.8 Å². The normalized spacial score (nSPS) is 44.1. The number of esters is 1. The van der Waals surface area contributed by atoms with Gasteiger partial charge in [-0.15, -0.1) is 0 Å². The van der Waals surface area contributed by atoms with Gasteiger partial charge in [0.1, 0.15) is 5.60 Å². The average Bonchev–Trinajstić information content (AvgIpc) is 2.72. The van der Waals surface area contributed by atoms with Gasteiger partial charge < -0.3 is 14.2 Å². The summed E-state index contributed by atoms with van der Waals surface area (Å²) in [7, 11) is 0. The monoisotopic (exact) mass is 214 g/mol. The molecule has 0 unspecified atom stereocenters. The van der Waals surface area contributed by atoms with Crippen molar-refractivity contribution in [2.75, 3.05) is 13.2 Å². The van der Waals surface area contributed by atoms with Crippen molar-refractivity contribution in [3.8, 4) is 0 Å². The highest BCUT2D eigenvalue weighted by atomic mass is 16.7. The summed E-state index contributed by atoms with van der Waals surface area (Å²) in [4.78, 5) is 11.7. The third kappa shape index (κ3) is 1.56. The average molecular weight is 214 g/mol. The van der Waals surface area contributed by atoms with E-state index in [0.717, 1.165) is 12.8 Å². The molecule has 4 heteroatoms. The van der Waals surface area contributed by atoms with Crippen molar-refractivity contribution in [1.82, 2.24) is 0 Å². The standard InChI is InChI=1S/C11H18O4/c1-4-13-9(12)10(3)11(15-10)5-6-14-8(2)7-11/h8H,4-7H2,1-3H3/t8-,10+,11-/m1/s1. The minimum atomic E-state index is -0.735. The van der Waals surface area contributed by atoms with Crippen LogP contribution in [0, 0.1) is 0 Å². The van der Waals surface area contributed by atoms with E-state index in [9.17, 15) is 4.79 Å². The fourth-order valence-corrected chi connectivity index (χ4v) is 2.44. The Morgan fingerprint density at radius 3 is 2.93 bits per heavy atom. The van der Waals surface area contributed by atoms with Gasteiger partial charge in [0.25, 0.3) is 0 Å². The van der Waals surface area contributed by atoms with Gasteiger partial charge in [-0.05, 0) is 20.8 Å². The summed E-state index contributed by atoms with van der Waals surface area (Å²) < 4.78 is 16.1. The second-order valence-corrected chi connectivity index (χ2v) is 4.49. The number of hydrogen-bond acceptors (Lipinski definition) is 4. The van der Waals surface area contributed by atoms with Crippen molar-refractivity contribution in [1.29, 1.82) is 0 Å². The Labute approximate surface area is 89.9 Å². The molecule has 86 valence electrons. The van der Waals surface area contributed by atoms with Crippen LogP contribution in [0.3, 0.4) is 0 Å². The van der Waals surface area contributed by atoms with E-state index in [0.29, 0.717) is 13.2 Å². The van der Waals surface area contributed by atoms with E-state index in [-0.39, 0.29) is 17.7 Å². The second-order valence-electron chi connectivity index (χ2n) is 4.49. The quantitative estimate of drug-likeness (QED) is 0.513. The van der Waals surface area contributed by atoms with E-state index < -0.39 is 5.60 Å². The zero-order valence-corrected chi connectivity index (χ0v) is 9.54. The molecule has 2 heterocycles. The Kier molecular flexibility index (Phi) is 2.51. The molecule has 0 aromatic heterocycles. The highest BCUT2D eigenvalue weighted by molar-refractivity contribution is 5.84. The summed E-state index contributed by atoms with van der Waals surface area (Å²) in [6, 6.07) is 0. The third-order valence-electron chi connectivity index (χ3n) is 3.42. The van der Waals surface area contributed by atoms with E-state index in [1.165, 1.54) is 0 Å². The lowest BCUT2D eigenvalue weighted by atomic mass is 9.85. The number of hydrogen-bond donors (Lipinski definition) is 0. The van der Waals surface area contributed by atoms with Gasteiger partial charge in [0.2, 0.25) is 0 Å². The van der Waals surface area contributed by atoms with Gasteiger partial charge in [0.15, 0.2) is 5.60 Å². The summed E-state index contributed by atoms with van der Waals surface area (Å²) in [5, 5.41) is 0. The van der Waals surface area contributed by atoms with E-state index >= 15 is 0 Å². The van der Waals surface area contributed by atoms with Crippen molar-refractivity contribution < 1.29 is 19.0 Å². The molecule has 0 amide bonds. The number of ether oxygens (including phenoxy) is 3. The van der Waals surface area contributed by atoms with Crippen LogP contribution >= 0.6 is 0 Å². The molecule has 3 atom stereocenters. The van der Waals surface area contributed by atoms with E-state index in [4.69, 9.17) is 14.2 Å². The minimum Gasteiger partial charge on any atom is -0.464 e. The molecule has 4 nitrogen and oxygen atoms in total. The molecule has 0 bridgehead atoms. The highest BCUT2D eigenvalue weighted by Gasteiger charge is 2.73. The van der Waals surface area contributed by atoms with E-state index in [2.05, 4.69) is 0 Å². The molecular formula is C11H18O4. The smallest absolute Gasteiger partial charge is 0.341 e. The third-order valence-corrected chi connectivity index (χ3v) is 3.42. The summed E-state index contributed by atoms with van der Waals surface area (Å²) >= 11 is 0. The van der Waals surface area contributed by atoms with Gasteiger partial charge in [-0.25, -0.2) is 4.79 Å². The Morgan fingerprint density at radius 1 is 1.60 bits per heavy atom. The Bertz CT molecular complexity index is 278. The number of carbonyl (C=O) groups is 1. The first kappa shape index (κ1) is 10.9. The number of carbonyl (C=O) groups excluding carboxylic acids is 1. The molecule has 0 radical (unpaired) electrons. The second kappa shape index (κ2) is 3.46. The van der Waals surface area contributed by atoms with Crippen molar-refractivity contribution in [2.45, 2.75) is 50.9 Å². The lowest BCUT2D eigenvalue weighted by Crippen LogP contribution is -2.39. The maximum atomic E-state index is 11.7. The maximum Gasteiger partial charge on any atom is 0.341 e. The molecule has 0 saturated carbocycles. The molecule has 2 aliphatic rings. The summed E-state index contributed by atoms with van der Waals surface area (Å²) in [6.45, 7) is 6.70. The van der Waals surface area contributed by atoms with Crippen LogP contribution in [-0.2, 0) is 19.0 Å². The summed E-state index contributed by atoms with van der Waals surface area (Å²) in [5.74, 6) is -0.237. The van der Waals surface area contributed by atoms with Gasteiger partial charge in [0, 0.05) is 19.4 Å². The first-order valence-corrected chi connectivity index (χ1v) is 5.53. The molecule has 2 aliphatic heterocycles. The molecule has 0 N–H and O–H groups in total. The van der Waals surface area contributed by atoms with Crippen LogP contribution in [0.2, 0.25) is 0 Å². The van der Waals surface area contributed by atoms with Crippen molar-refractivity contribution in [2.24, 2.45) is 0 Å². The Balaban J connectivity index is 2.05. The van der Waals surface area contributed by atoms with Gasteiger partial charge in [0.05, 0.1) is 12.7 Å². The first-order chi connectivity index (χ1) is 7.04. The summed E-state index contributed by atoms with van der Waals surface area (Å²) in [5.41, 5.74) is -1.06. The molecule has 15 heavy (non-hydrogen) atoms. The summed E-state index contributed by atoms with van der Waals surface area (Å²) in [6.07, 6.45) is 1.73. The molecule has 0 aromatic carbocycles. The Hall–Kier alpha value is -0.610. The maximum absolute atomic E-state index is 11.7. The Morgan fingerprint density at radius 2 is 2.33 bits per heavy atom. The fourth-order valence-electron chi connectivity index (χ4n) is 2.44. The van der Waals surface area contributed by atoms with Crippen LogP contribution < -0.4 is 0 Å². The van der Waals surface area contributed by atoms with Crippen LogP contribution in [0.1, 0.15) is 33.6 Å². The number of rotatable bonds is 2. The fraction of sp³-hybridized carbons (Fsp3) is 0.909. The van der Waals surface area contributed by atoms with Crippen molar-refractivity contribution in [3.63, 3.8) is 0 Å². The number of epoxide rings is 1. The van der Waals surface area contributed by atoms with Gasteiger partial charge in [-0.2, -0.15) is 0 Å². The molecule has 1 spiro atoms. The van der Waals surface area contributed by atoms with Gasteiger partial charge in [-0.3, -0.25) is 0 Å². The van der Waals surface area contributed by atoms with Crippen LogP contribution in [0.4, 0.5) is 0 Å². The SMILES string of the molecule is CCOC(=O)[C@]1(C)O[C@@]12CCO[C@H](C)C2.